The molecule has 24 heavy (non-hydrogen) atoms. The number of benzene rings is 1. The van der Waals surface area contributed by atoms with Gasteiger partial charge in [-0.1, -0.05) is 30.3 Å². The predicted molar refractivity (Wildman–Crippen MR) is 90.3 cm³/mol. The molecule has 124 valence electrons. The summed E-state index contributed by atoms with van der Waals surface area (Å²) in [6.45, 7) is 5.79. The first-order valence-corrected chi connectivity index (χ1v) is 8.53. The Morgan fingerprint density at radius 1 is 1.21 bits per heavy atom. The van der Waals surface area contributed by atoms with E-state index in [1.165, 1.54) is 0 Å². The summed E-state index contributed by atoms with van der Waals surface area (Å²) in [5.74, 6) is 2.36. The maximum Gasteiger partial charge on any atom is 0.226 e. The summed E-state index contributed by atoms with van der Waals surface area (Å²) >= 11 is 0. The number of hydrogen-bond acceptors (Lipinski definition) is 6. The molecule has 6 nitrogen and oxygen atoms in total. The van der Waals surface area contributed by atoms with Gasteiger partial charge in [0.25, 0.3) is 0 Å². The smallest absolute Gasteiger partial charge is 0.226 e. The molecule has 0 N–H and O–H groups in total. The molecule has 1 fully saturated rings. The number of para-hydroxylation sites is 1. The number of likely N-dealkylation sites (tertiary alicyclic amines) is 1. The molecule has 0 unspecified atom stereocenters. The van der Waals surface area contributed by atoms with Gasteiger partial charge in [-0.2, -0.15) is 4.98 Å². The van der Waals surface area contributed by atoms with E-state index < -0.39 is 0 Å². The molecule has 0 saturated carbocycles. The van der Waals surface area contributed by atoms with Crippen molar-refractivity contribution in [1.29, 1.82) is 0 Å². The van der Waals surface area contributed by atoms with Crippen LogP contribution in [0.5, 0.6) is 0 Å². The van der Waals surface area contributed by atoms with Crippen molar-refractivity contribution < 1.29 is 4.52 Å². The van der Waals surface area contributed by atoms with Crippen LogP contribution in [-0.4, -0.2) is 31.6 Å². The zero-order valence-electron chi connectivity index (χ0n) is 14.1. The number of fused-ring (bicyclic) bond motifs is 1. The molecule has 1 saturated heterocycles. The third-order valence-electron chi connectivity index (χ3n) is 4.63. The monoisotopic (exact) mass is 323 g/mol. The van der Waals surface area contributed by atoms with Crippen LogP contribution in [0.2, 0.25) is 0 Å². The number of aromatic nitrogens is 4. The number of hydrogen-bond donors (Lipinski definition) is 0. The van der Waals surface area contributed by atoms with Gasteiger partial charge in [-0.25, -0.2) is 9.97 Å². The molecule has 1 aliphatic rings. The first-order chi connectivity index (χ1) is 11.7. The van der Waals surface area contributed by atoms with Crippen LogP contribution >= 0.6 is 0 Å². The van der Waals surface area contributed by atoms with Crippen molar-refractivity contribution in [3.63, 3.8) is 0 Å². The number of nitrogens with zero attached hydrogens (tertiary/aromatic N) is 5. The molecular formula is C18H21N5O. The molecule has 1 aliphatic heterocycles. The molecule has 0 bridgehead atoms. The second-order valence-electron chi connectivity index (χ2n) is 6.27. The van der Waals surface area contributed by atoms with Crippen LogP contribution in [-0.2, 0) is 13.0 Å². The average Bonchev–Trinajstić information content (AvgIpc) is 3.23. The largest absolute Gasteiger partial charge is 0.339 e. The van der Waals surface area contributed by atoms with E-state index in [-0.39, 0.29) is 6.04 Å². The van der Waals surface area contributed by atoms with Crippen molar-refractivity contribution in [3.8, 4) is 0 Å². The fourth-order valence-corrected chi connectivity index (χ4v) is 3.40. The first-order valence-electron chi connectivity index (χ1n) is 8.53. The summed E-state index contributed by atoms with van der Waals surface area (Å²) in [7, 11) is 0. The van der Waals surface area contributed by atoms with Gasteiger partial charge in [0.2, 0.25) is 5.89 Å². The Hall–Kier alpha value is -2.34. The van der Waals surface area contributed by atoms with Gasteiger partial charge in [0, 0.05) is 17.5 Å². The molecule has 0 aliphatic carbocycles. The van der Waals surface area contributed by atoms with Crippen LogP contribution < -0.4 is 0 Å². The third kappa shape index (κ3) is 2.78. The van der Waals surface area contributed by atoms with Crippen LogP contribution in [0, 0.1) is 6.92 Å². The minimum absolute atomic E-state index is 0.199. The molecule has 6 heteroatoms. The van der Waals surface area contributed by atoms with Gasteiger partial charge >= 0.3 is 0 Å². The highest BCUT2D eigenvalue weighted by Crippen LogP contribution is 2.31. The summed E-state index contributed by atoms with van der Waals surface area (Å²) in [5, 5.41) is 5.28. The van der Waals surface area contributed by atoms with Crippen LogP contribution in [0.25, 0.3) is 10.9 Å². The van der Waals surface area contributed by atoms with Gasteiger partial charge in [0.15, 0.2) is 5.82 Å². The highest BCUT2D eigenvalue weighted by molar-refractivity contribution is 5.80. The lowest BCUT2D eigenvalue weighted by molar-refractivity contribution is 0.228. The minimum atomic E-state index is 0.199. The van der Waals surface area contributed by atoms with Crippen LogP contribution in [0.1, 0.15) is 49.0 Å². The zero-order valence-corrected chi connectivity index (χ0v) is 14.1. The highest BCUT2D eigenvalue weighted by atomic mass is 16.5. The van der Waals surface area contributed by atoms with E-state index in [1.807, 2.05) is 32.0 Å². The van der Waals surface area contributed by atoms with Crippen molar-refractivity contribution >= 4 is 10.9 Å². The number of aryl methyl sites for hydroxylation is 2. The third-order valence-corrected chi connectivity index (χ3v) is 4.63. The van der Waals surface area contributed by atoms with E-state index >= 15 is 0 Å². The Labute approximate surface area is 140 Å². The molecule has 1 aromatic carbocycles. The maximum absolute atomic E-state index is 5.28. The molecule has 2 aromatic heterocycles. The van der Waals surface area contributed by atoms with E-state index in [1.54, 1.807) is 0 Å². The van der Waals surface area contributed by atoms with Crippen LogP contribution in [0.15, 0.2) is 28.8 Å². The van der Waals surface area contributed by atoms with Crippen molar-refractivity contribution in [1.82, 2.24) is 25.0 Å². The maximum atomic E-state index is 5.28. The van der Waals surface area contributed by atoms with Crippen molar-refractivity contribution in [2.75, 3.05) is 6.54 Å². The van der Waals surface area contributed by atoms with Gasteiger partial charge in [-0.05, 0) is 32.4 Å². The molecule has 1 atom stereocenters. The summed E-state index contributed by atoms with van der Waals surface area (Å²) in [5.41, 5.74) is 2.03. The molecule has 0 radical (unpaired) electrons. The quantitative estimate of drug-likeness (QED) is 0.734. The van der Waals surface area contributed by atoms with Crippen molar-refractivity contribution in [3.05, 3.63) is 47.5 Å². The summed E-state index contributed by atoms with van der Waals surface area (Å²) in [4.78, 5) is 16.3. The zero-order chi connectivity index (χ0) is 16.5. The normalized spacial score (nSPS) is 18.5. The lowest BCUT2D eigenvalue weighted by Gasteiger charge is -2.21. The second-order valence-corrected chi connectivity index (χ2v) is 6.27. The first kappa shape index (κ1) is 15.2. The van der Waals surface area contributed by atoms with E-state index in [2.05, 4.69) is 21.1 Å². The van der Waals surface area contributed by atoms with E-state index in [9.17, 15) is 0 Å². The van der Waals surface area contributed by atoms with E-state index in [4.69, 9.17) is 14.5 Å². The summed E-state index contributed by atoms with van der Waals surface area (Å²) in [6, 6.07) is 8.35. The Bertz CT molecular complexity index is 859. The molecule has 0 spiro atoms. The second kappa shape index (κ2) is 6.28. The highest BCUT2D eigenvalue weighted by Gasteiger charge is 2.30. The molecule has 4 rings (SSSR count). The molecule has 0 amide bonds. The Balaban J connectivity index is 1.59. The lowest BCUT2D eigenvalue weighted by Crippen LogP contribution is -2.25. The van der Waals surface area contributed by atoms with Gasteiger partial charge in [-0.3, -0.25) is 4.90 Å². The van der Waals surface area contributed by atoms with Gasteiger partial charge in [0.05, 0.1) is 18.1 Å². The lowest BCUT2D eigenvalue weighted by atomic mass is 10.2. The summed E-state index contributed by atoms with van der Waals surface area (Å²) < 4.78 is 5.28. The fraction of sp³-hybridized carbons (Fsp3) is 0.444. The van der Waals surface area contributed by atoms with E-state index in [0.29, 0.717) is 12.4 Å². The predicted octanol–water partition coefficient (Wildman–Crippen LogP) is 3.22. The minimum Gasteiger partial charge on any atom is -0.339 e. The molecular weight excluding hydrogens is 302 g/mol. The molecule has 3 aromatic rings. The number of rotatable bonds is 4. The van der Waals surface area contributed by atoms with Gasteiger partial charge < -0.3 is 4.52 Å². The van der Waals surface area contributed by atoms with Crippen molar-refractivity contribution in [2.24, 2.45) is 0 Å². The van der Waals surface area contributed by atoms with E-state index in [0.717, 1.165) is 54.1 Å². The van der Waals surface area contributed by atoms with Crippen LogP contribution in [0.3, 0.4) is 0 Å². The average molecular weight is 323 g/mol. The van der Waals surface area contributed by atoms with Crippen LogP contribution in [0.4, 0.5) is 0 Å². The fourth-order valence-electron chi connectivity index (χ4n) is 3.40. The Morgan fingerprint density at radius 3 is 2.92 bits per heavy atom. The standard InChI is InChI=1S/C18H21N5O/c1-3-17-21-18(22-24-17)15-9-6-10-23(15)11-16-19-12(2)13-7-4-5-8-14(13)20-16/h4-5,7-8,15H,3,6,9-11H2,1-2H3/t15-/m1/s1. The topological polar surface area (TPSA) is 67.9 Å². The molecule has 3 heterocycles. The van der Waals surface area contributed by atoms with Crippen molar-refractivity contribution in [2.45, 2.75) is 45.7 Å². The van der Waals surface area contributed by atoms with Gasteiger partial charge in [-0.15, -0.1) is 0 Å². The summed E-state index contributed by atoms with van der Waals surface area (Å²) in [6.07, 6.45) is 2.95. The Kier molecular flexibility index (Phi) is 3.98. The Morgan fingerprint density at radius 2 is 2.08 bits per heavy atom. The SMILES string of the molecule is CCc1nc([C@H]2CCCN2Cc2nc(C)c3ccccc3n2)no1. The van der Waals surface area contributed by atoms with Gasteiger partial charge in [0.1, 0.15) is 5.82 Å².